The molecule has 2 aliphatic rings. The average molecular weight is 226 g/mol. The van der Waals surface area contributed by atoms with Gasteiger partial charge in [-0.25, -0.2) is 0 Å². The van der Waals surface area contributed by atoms with E-state index >= 15 is 0 Å². The SMILES string of the molecule is CCCN(C1CCNCC1)C1CCCOC1. The van der Waals surface area contributed by atoms with Gasteiger partial charge in [0.25, 0.3) is 0 Å². The van der Waals surface area contributed by atoms with E-state index in [2.05, 4.69) is 17.1 Å². The summed E-state index contributed by atoms with van der Waals surface area (Å²) in [6.45, 7) is 7.86. The third-order valence-corrected chi connectivity index (χ3v) is 3.86. The number of nitrogens with zero attached hydrogens (tertiary/aromatic N) is 1. The minimum absolute atomic E-state index is 0.691. The van der Waals surface area contributed by atoms with Crippen molar-refractivity contribution in [1.29, 1.82) is 0 Å². The minimum Gasteiger partial charge on any atom is -0.380 e. The number of hydrogen-bond donors (Lipinski definition) is 1. The fourth-order valence-electron chi connectivity index (χ4n) is 3.05. The smallest absolute Gasteiger partial charge is 0.0621 e. The van der Waals surface area contributed by atoms with Gasteiger partial charge in [0.15, 0.2) is 0 Å². The lowest BCUT2D eigenvalue weighted by atomic mass is 9.99. The van der Waals surface area contributed by atoms with Gasteiger partial charge in [-0.05, 0) is 51.7 Å². The molecule has 0 amide bonds. The van der Waals surface area contributed by atoms with Crippen molar-refractivity contribution in [2.75, 3.05) is 32.8 Å². The second-order valence-electron chi connectivity index (χ2n) is 5.09. The Hall–Kier alpha value is -0.120. The summed E-state index contributed by atoms with van der Waals surface area (Å²) in [5, 5.41) is 3.46. The zero-order valence-corrected chi connectivity index (χ0v) is 10.6. The first-order chi connectivity index (χ1) is 7.92. The van der Waals surface area contributed by atoms with E-state index in [1.807, 2.05) is 0 Å². The lowest BCUT2D eigenvalue weighted by molar-refractivity contribution is -0.00574. The first-order valence-corrected chi connectivity index (χ1v) is 6.96. The van der Waals surface area contributed by atoms with Crippen molar-refractivity contribution in [1.82, 2.24) is 10.2 Å². The Bertz CT molecular complexity index is 168. The molecule has 2 aliphatic heterocycles. The highest BCUT2D eigenvalue weighted by Crippen LogP contribution is 2.21. The van der Waals surface area contributed by atoms with Crippen LogP contribution in [0.25, 0.3) is 0 Å². The van der Waals surface area contributed by atoms with Gasteiger partial charge in [0.2, 0.25) is 0 Å². The molecule has 2 heterocycles. The molecule has 0 radical (unpaired) electrons. The number of piperidine rings is 1. The summed E-state index contributed by atoms with van der Waals surface area (Å²) in [6.07, 6.45) is 6.48. The van der Waals surface area contributed by atoms with Crippen LogP contribution in [0.4, 0.5) is 0 Å². The van der Waals surface area contributed by atoms with E-state index < -0.39 is 0 Å². The van der Waals surface area contributed by atoms with Gasteiger partial charge in [-0.1, -0.05) is 6.92 Å². The van der Waals surface area contributed by atoms with Gasteiger partial charge in [-0.15, -0.1) is 0 Å². The predicted octanol–water partition coefficient (Wildman–Crippen LogP) is 1.63. The van der Waals surface area contributed by atoms with Crippen molar-refractivity contribution >= 4 is 0 Å². The Morgan fingerprint density at radius 1 is 1.19 bits per heavy atom. The lowest BCUT2D eigenvalue weighted by Crippen LogP contribution is -2.51. The molecule has 1 N–H and O–H groups in total. The molecule has 0 aromatic heterocycles. The van der Waals surface area contributed by atoms with Gasteiger partial charge in [-0.3, -0.25) is 4.90 Å². The Morgan fingerprint density at radius 2 is 2.00 bits per heavy atom. The zero-order valence-electron chi connectivity index (χ0n) is 10.6. The molecule has 0 saturated carbocycles. The second-order valence-corrected chi connectivity index (χ2v) is 5.09. The van der Waals surface area contributed by atoms with E-state index in [9.17, 15) is 0 Å². The molecule has 0 aromatic rings. The third kappa shape index (κ3) is 3.19. The van der Waals surface area contributed by atoms with Crippen LogP contribution in [0.15, 0.2) is 0 Å². The molecule has 2 saturated heterocycles. The number of ether oxygens (including phenoxy) is 1. The number of rotatable bonds is 4. The molecular formula is C13H26N2O. The maximum absolute atomic E-state index is 5.64. The van der Waals surface area contributed by atoms with E-state index in [1.165, 1.54) is 51.7 Å². The van der Waals surface area contributed by atoms with Crippen LogP contribution in [0.2, 0.25) is 0 Å². The van der Waals surface area contributed by atoms with Gasteiger partial charge in [0.1, 0.15) is 0 Å². The largest absolute Gasteiger partial charge is 0.380 e. The summed E-state index contributed by atoms with van der Waals surface area (Å²) in [5.74, 6) is 0. The van der Waals surface area contributed by atoms with Gasteiger partial charge in [0, 0.05) is 18.7 Å². The summed E-state index contributed by atoms with van der Waals surface area (Å²) in [4.78, 5) is 2.74. The Balaban J connectivity index is 1.91. The van der Waals surface area contributed by atoms with Crippen LogP contribution < -0.4 is 5.32 Å². The van der Waals surface area contributed by atoms with Gasteiger partial charge < -0.3 is 10.1 Å². The van der Waals surface area contributed by atoms with Crippen LogP contribution >= 0.6 is 0 Å². The molecule has 1 unspecified atom stereocenters. The monoisotopic (exact) mass is 226 g/mol. The Kier molecular flexibility index (Phi) is 5.07. The molecule has 0 aromatic carbocycles. The quantitative estimate of drug-likeness (QED) is 0.788. The van der Waals surface area contributed by atoms with Crippen LogP contribution in [0.5, 0.6) is 0 Å². The fourth-order valence-corrected chi connectivity index (χ4v) is 3.05. The summed E-state index contributed by atoms with van der Waals surface area (Å²) < 4.78 is 5.64. The number of hydrogen-bond acceptors (Lipinski definition) is 3. The van der Waals surface area contributed by atoms with Gasteiger partial charge >= 0.3 is 0 Å². The third-order valence-electron chi connectivity index (χ3n) is 3.86. The molecule has 3 nitrogen and oxygen atoms in total. The van der Waals surface area contributed by atoms with Crippen LogP contribution in [-0.4, -0.2) is 49.8 Å². The molecule has 16 heavy (non-hydrogen) atoms. The maximum Gasteiger partial charge on any atom is 0.0621 e. The first kappa shape index (κ1) is 12.3. The van der Waals surface area contributed by atoms with E-state index in [1.54, 1.807) is 0 Å². The lowest BCUT2D eigenvalue weighted by Gasteiger charge is -2.41. The van der Waals surface area contributed by atoms with Crippen LogP contribution in [0.1, 0.15) is 39.0 Å². The standard InChI is InChI=1S/C13H26N2O/c1-2-9-15(12-5-7-14-8-6-12)13-4-3-10-16-11-13/h12-14H,2-11H2,1H3. The van der Waals surface area contributed by atoms with Crippen LogP contribution in [0, 0.1) is 0 Å². The van der Waals surface area contributed by atoms with Crippen LogP contribution in [-0.2, 0) is 4.74 Å². The average Bonchev–Trinajstić information content (AvgIpc) is 2.38. The maximum atomic E-state index is 5.64. The van der Waals surface area contributed by atoms with Crippen molar-refractivity contribution in [3.8, 4) is 0 Å². The molecule has 2 rings (SSSR count). The molecule has 2 fully saturated rings. The summed E-state index contributed by atoms with van der Waals surface area (Å²) in [7, 11) is 0. The van der Waals surface area contributed by atoms with E-state index in [0.29, 0.717) is 6.04 Å². The molecule has 94 valence electrons. The highest BCUT2D eigenvalue weighted by Gasteiger charge is 2.28. The van der Waals surface area contributed by atoms with E-state index in [4.69, 9.17) is 4.74 Å². The van der Waals surface area contributed by atoms with E-state index in [0.717, 1.165) is 19.3 Å². The highest BCUT2D eigenvalue weighted by molar-refractivity contribution is 4.84. The molecular weight excluding hydrogens is 200 g/mol. The second kappa shape index (κ2) is 6.58. The highest BCUT2D eigenvalue weighted by atomic mass is 16.5. The molecule has 1 atom stereocenters. The zero-order chi connectivity index (χ0) is 11.2. The van der Waals surface area contributed by atoms with Crippen molar-refractivity contribution in [2.45, 2.75) is 51.1 Å². The topological polar surface area (TPSA) is 24.5 Å². The summed E-state index contributed by atoms with van der Waals surface area (Å²) in [5.41, 5.74) is 0. The molecule has 0 spiro atoms. The van der Waals surface area contributed by atoms with Gasteiger partial charge in [0.05, 0.1) is 6.61 Å². The van der Waals surface area contributed by atoms with Crippen molar-refractivity contribution < 1.29 is 4.74 Å². The normalized spacial score (nSPS) is 28.5. The number of nitrogens with one attached hydrogen (secondary N) is 1. The van der Waals surface area contributed by atoms with Crippen LogP contribution in [0.3, 0.4) is 0 Å². The minimum atomic E-state index is 0.691. The Morgan fingerprint density at radius 3 is 2.62 bits per heavy atom. The molecule has 3 heteroatoms. The predicted molar refractivity (Wildman–Crippen MR) is 66.7 cm³/mol. The van der Waals surface area contributed by atoms with E-state index in [-0.39, 0.29) is 0 Å². The van der Waals surface area contributed by atoms with Crippen molar-refractivity contribution in [3.05, 3.63) is 0 Å². The van der Waals surface area contributed by atoms with Crippen molar-refractivity contribution in [3.63, 3.8) is 0 Å². The first-order valence-electron chi connectivity index (χ1n) is 6.96. The molecule has 0 bridgehead atoms. The summed E-state index contributed by atoms with van der Waals surface area (Å²) in [6, 6.07) is 1.49. The van der Waals surface area contributed by atoms with Gasteiger partial charge in [-0.2, -0.15) is 0 Å². The summed E-state index contributed by atoms with van der Waals surface area (Å²) >= 11 is 0. The molecule has 0 aliphatic carbocycles. The fraction of sp³-hybridized carbons (Fsp3) is 1.00. The Labute approximate surface area is 99.5 Å². The van der Waals surface area contributed by atoms with Crippen molar-refractivity contribution in [2.24, 2.45) is 0 Å².